The quantitative estimate of drug-likeness (QED) is 0.831. The summed E-state index contributed by atoms with van der Waals surface area (Å²) in [6, 6.07) is 5.91. The van der Waals surface area contributed by atoms with Crippen molar-refractivity contribution in [3.8, 4) is 0 Å². The molecule has 0 aromatic heterocycles. The van der Waals surface area contributed by atoms with E-state index in [0.717, 1.165) is 16.7 Å². The van der Waals surface area contributed by atoms with Crippen LogP contribution in [0.15, 0.2) is 18.2 Å². The minimum absolute atomic E-state index is 0.0118. The van der Waals surface area contributed by atoms with Crippen LogP contribution in [0.4, 0.5) is 0 Å². The van der Waals surface area contributed by atoms with Gasteiger partial charge in [0.25, 0.3) is 5.91 Å². The van der Waals surface area contributed by atoms with Gasteiger partial charge in [-0.1, -0.05) is 12.1 Å². The number of rotatable bonds is 4. The van der Waals surface area contributed by atoms with E-state index in [1.54, 1.807) is 0 Å². The molecular formula is C14H20N2O. The predicted octanol–water partition coefficient (Wildman–Crippen LogP) is 1.77. The van der Waals surface area contributed by atoms with E-state index in [1.165, 1.54) is 12.8 Å². The summed E-state index contributed by atoms with van der Waals surface area (Å²) in [7, 11) is 0. The van der Waals surface area contributed by atoms with Gasteiger partial charge in [0.15, 0.2) is 0 Å². The topological polar surface area (TPSA) is 55.1 Å². The molecule has 1 unspecified atom stereocenters. The molecule has 3 N–H and O–H groups in total. The smallest absolute Gasteiger partial charge is 0.251 e. The number of hydrogen-bond acceptors (Lipinski definition) is 2. The molecule has 0 aliphatic heterocycles. The van der Waals surface area contributed by atoms with Gasteiger partial charge in [0.05, 0.1) is 0 Å². The summed E-state index contributed by atoms with van der Waals surface area (Å²) < 4.78 is 0. The molecule has 1 aromatic carbocycles. The van der Waals surface area contributed by atoms with E-state index in [9.17, 15) is 4.79 Å². The van der Waals surface area contributed by atoms with E-state index in [1.807, 2.05) is 32.0 Å². The molecule has 0 heterocycles. The Bertz CT molecular complexity index is 424. The van der Waals surface area contributed by atoms with Gasteiger partial charge in [-0.25, -0.2) is 0 Å². The zero-order chi connectivity index (χ0) is 12.4. The number of hydrogen-bond donors (Lipinski definition) is 2. The van der Waals surface area contributed by atoms with Gasteiger partial charge in [0.1, 0.15) is 0 Å². The number of amides is 1. The highest BCUT2D eigenvalue weighted by Crippen LogP contribution is 2.31. The van der Waals surface area contributed by atoms with Crippen LogP contribution >= 0.6 is 0 Å². The third kappa shape index (κ3) is 2.86. The fourth-order valence-corrected chi connectivity index (χ4v) is 1.99. The van der Waals surface area contributed by atoms with Crippen LogP contribution in [-0.4, -0.2) is 18.5 Å². The molecule has 92 valence electrons. The first-order chi connectivity index (χ1) is 8.09. The second-order valence-corrected chi connectivity index (χ2v) is 4.96. The van der Waals surface area contributed by atoms with Gasteiger partial charge in [-0.2, -0.15) is 0 Å². The van der Waals surface area contributed by atoms with Crippen molar-refractivity contribution in [1.82, 2.24) is 5.32 Å². The normalized spacial score (nSPS) is 16.6. The molecule has 3 nitrogen and oxygen atoms in total. The Morgan fingerprint density at radius 1 is 1.47 bits per heavy atom. The van der Waals surface area contributed by atoms with Gasteiger partial charge < -0.3 is 11.1 Å². The van der Waals surface area contributed by atoms with Crippen LogP contribution in [0.25, 0.3) is 0 Å². The summed E-state index contributed by atoms with van der Waals surface area (Å²) in [6.45, 7) is 4.57. The fraction of sp³-hybridized carbons (Fsp3) is 0.500. The Balaban J connectivity index is 1.96. The van der Waals surface area contributed by atoms with Crippen LogP contribution in [0.2, 0.25) is 0 Å². The van der Waals surface area contributed by atoms with Crippen LogP contribution in [0.1, 0.15) is 34.3 Å². The van der Waals surface area contributed by atoms with Crippen molar-refractivity contribution >= 4 is 5.91 Å². The SMILES string of the molecule is Cc1cccc(C(=O)NCC(N)C2CC2)c1C. The molecule has 3 heteroatoms. The maximum atomic E-state index is 12.0. The average Bonchev–Trinajstić information content (AvgIpc) is 3.13. The Kier molecular flexibility index (Phi) is 3.48. The van der Waals surface area contributed by atoms with E-state index in [0.29, 0.717) is 12.5 Å². The number of aryl methyl sites for hydroxylation is 1. The molecule has 1 saturated carbocycles. The summed E-state index contributed by atoms with van der Waals surface area (Å²) in [5.41, 5.74) is 8.91. The van der Waals surface area contributed by atoms with Crippen LogP contribution in [0.5, 0.6) is 0 Å². The third-order valence-corrected chi connectivity index (χ3v) is 3.58. The van der Waals surface area contributed by atoms with Gasteiger partial charge in [-0.3, -0.25) is 4.79 Å². The summed E-state index contributed by atoms with van der Waals surface area (Å²) in [6.07, 6.45) is 2.42. The van der Waals surface area contributed by atoms with Gasteiger partial charge in [-0.15, -0.1) is 0 Å². The lowest BCUT2D eigenvalue weighted by Gasteiger charge is -2.13. The van der Waals surface area contributed by atoms with Gasteiger partial charge >= 0.3 is 0 Å². The summed E-state index contributed by atoms with van der Waals surface area (Å²) in [5, 5.41) is 2.92. The Labute approximate surface area is 102 Å². The van der Waals surface area contributed by atoms with Crippen molar-refractivity contribution in [3.63, 3.8) is 0 Å². The summed E-state index contributed by atoms with van der Waals surface area (Å²) >= 11 is 0. The minimum Gasteiger partial charge on any atom is -0.350 e. The molecule has 2 rings (SSSR count). The van der Waals surface area contributed by atoms with Gasteiger partial charge in [-0.05, 0) is 49.8 Å². The lowest BCUT2D eigenvalue weighted by atomic mass is 10.0. The molecular weight excluding hydrogens is 212 g/mol. The molecule has 1 amide bonds. The molecule has 17 heavy (non-hydrogen) atoms. The fourth-order valence-electron chi connectivity index (χ4n) is 1.99. The zero-order valence-electron chi connectivity index (χ0n) is 10.5. The number of nitrogens with two attached hydrogens (primary N) is 1. The predicted molar refractivity (Wildman–Crippen MR) is 68.9 cm³/mol. The molecule has 1 aromatic rings. The van der Waals surface area contributed by atoms with Crippen LogP contribution in [0.3, 0.4) is 0 Å². The maximum Gasteiger partial charge on any atom is 0.251 e. The lowest BCUT2D eigenvalue weighted by Crippen LogP contribution is -2.38. The largest absolute Gasteiger partial charge is 0.350 e. The Hall–Kier alpha value is -1.35. The molecule has 1 aliphatic carbocycles. The third-order valence-electron chi connectivity index (χ3n) is 3.58. The average molecular weight is 232 g/mol. The van der Waals surface area contributed by atoms with Crippen LogP contribution in [0, 0.1) is 19.8 Å². The number of carbonyl (C=O) groups is 1. The second kappa shape index (κ2) is 4.88. The summed E-state index contributed by atoms with van der Waals surface area (Å²) in [5.74, 6) is 0.608. The molecule has 1 aliphatic rings. The molecule has 0 radical (unpaired) electrons. The molecule has 0 bridgehead atoms. The van der Waals surface area contributed by atoms with Crippen molar-refractivity contribution in [2.45, 2.75) is 32.7 Å². The maximum absolute atomic E-state index is 12.0. The lowest BCUT2D eigenvalue weighted by molar-refractivity contribution is 0.0949. The molecule has 0 spiro atoms. The standard InChI is InChI=1S/C14H20N2O/c1-9-4-3-5-12(10(9)2)14(17)16-8-13(15)11-6-7-11/h3-5,11,13H,6-8,15H2,1-2H3,(H,16,17). The zero-order valence-corrected chi connectivity index (χ0v) is 10.5. The highest BCUT2D eigenvalue weighted by Gasteiger charge is 2.28. The molecule has 1 fully saturated rings. The van der Waals surface area contributed by atoms with E-state index in [2.05, 4.69) is 5.32 Å². The number of benzene rings is 1. The minimum atomic E-state index is -0.0118. The van der Waals surface area contributed by atoms with E-state index in [4.69, 9.17) is 5.73 Å². The monoisotopic (exact) mass is 232 g/mol. The van der Waals surface area contributed by atoms with Crippen LogP contribution < -0.4 is 11.1 Å². The molecule has 1 atom stereocenters. The highest BCUT2D eigenvalue weighted by atomic mass is 16.1. The van der Waals surface area contributed by atoms with Gasteiger partial charge in [0, 0.05) is 18.2 Å². The van der Waals surface area contributed by atoms with Crippen molar-refractivity contribution < 1.29 is 4.79 Å². The molecule has 0 saturated heterocycles. The van der Waals surface area contributed by atoms with Crippen molar-refractivity contribution in [2.75, 3.05) is 6.54 Å². The van der Waals surface area contributed by atoms with Crippen molar-refractivity contribution in [2.24, 2.45) is 11.7 Å². The summed E-state index contributed by atoms with van der Waals surface area (Å²) in [4.78, 5) is 12.0. The number of carbonyl (C=O) groups excluding carboxylic acids is 1. The highest BCUT2D eigenvalue weighted by molar-refractivity contribution is 5.95. The first-order valence-corrected chi connectivity index (χ1v) is 6.19. The van der Waals surface area contributed by atoms with Crippen molar-refractivity contribution in [3.05, 3.63) is 34.9 Å². The van der Waals surface area contributed by atoms with Crippen molar-refractivity contribution in [1.29, 1.82) is 0 Å². The first-order valence-electron chi connectivity index (χ1n) is 6.19. The number of nitrogens with one attached hydrogen (secondary N) is 1. The Morgan fingerprint density at radius 2 is 2.18 bits per heavy atom. The van der Waals surface area contributed by atoms with Crippen LogP contribution in [-0.2, 0) is 0 Å². The van der Waals surface area contributed by atoms with E-state index >= 15 is 0 Å². The van der Waals surface area contributed by atoms with Gasteiger partial charge in [0.2, 0.25) is 0 Å². The Morgan fingerprint density at radius 3 is 2.82 bits per heavy atom. The first kappa shape index (κ1) is 12.1. The second-order valence-electron chi connectivity index (χ2n) is 4.96. The van der Waals surface area contributed by atoms with E-state index < -0.39 is 0 Å². The van der Waals surface area contributed by atoms with E-state index in [-0.39, 0.29) is 11.9 Å².